The van der Waals surface area contributed by atoms with Gasteiger partial charge in [-0.2, -0.15) is 0 Å². The molecule has 206 valence electrons. The SMILES string of the molecule is C[C@H]1C2=CNN(c3ccc(F)cc3)C2=CC2=C1[C@@H](CN(CCc1ccccn1)S(=O)(=O)Cc1cccnc1)CC2. The van der Waals surface area contributed by atoms with Crippen LogP contribution in [0.1, 0.15) is 31.0 Å². The largest absolute Gasteiger partial charge is 0.301 e. The molecule has 7 nitrogen and oxygen atoms in total. The van der Waals surface area contributed by atoms with E-state index in [0.29, 0.717) is 25.1 Å². The van der Waals surface area contributed by atoms with Gasteiger partial charge in [0.05, 0.1) is 17.1 Å². The Hall–Kier alpha value is -3.82. The van der Waals surface area contributed by atoms with E-state index in [-0.39, 0.29) is 23.4 Å². The molecule has 0 spiro atoms. The van der Waals surface area contributed by atoms with Gasteiger partial charge >= 0.3 is 0 Å². The summed E-state index contributed by atoms with van der Waals surface area (Å²) in [5.41, 5.74) is 10.6. The minimum absolute atomic E-state index is 0.0804. The fourth-order valence-corrected chi connectivity index (χ4v) is 7.62. The van der Waals surface area contributed by atoms with E-state index in [1.165, 1.54) is 23.3 Å². The van der Waals surface area contributed by atoms with E-state index in [1.807, 2.05) is 29.4 Å². The topological polar surface area (TPSA) is 78.4 Å². The van der Waals surface area contributed by atoms with Crippen LogP contribution in [-0.2, 0) is 22.2 Å². The Bertz CT molecular complexity index is 1570. The van der Waals surface area contributed by atoms with Crippen LogP contribution in [0, 0.1) is 17.7 Å². The smallest absolute Gasteiger partial charge is 0.218 e. The Kier molecular flexibility index (Phi) is 7.25. The average Bonchev–Trinajstić information content (AvgIpc) is 3.57. The number of nitrogens with zero attached hydrogens (tertiary/aromatic N) is 4. The number of fused-ring (bicyclic) bond motifs is 1. The maximum atomic E-state index is 13.8. The Balaban J connectivity index is 1.26. The lowest BCUT2D eigenvalue weighted by Gasteiger charge is -2.32. The monoisotopic (exact) mass is 557 g/mol. The van der Waals surface area contributed by atoms with E-state index in [0.717, 1.165) is 35.5 Å². The van der Waals surface area contributed by atoms with Crippen molar-refractivity contribution in [1.29, 1.82) is 0 Å². The van der Waals surface area contributed by atoms with Crippen molar-refractivity contribution in [2.75, 3.05) is 18.1 Å². The molecule has 1 aromatic carbocycles. The molecule has 2 aliphatic carbocycles. The molecular weight excluding hydrogens is 525 g/mol. The first-order chi connectivity index (χ1) is 19.4. The molecule has 0 unspecified atom stereocenters. The van der Waals surface area contributed by atoms with Crippen LogP contribution in [0.3, 0.4) is 0 Å². The third-order valence-electron chi connectivity index (χ3n) is 8.02. The standard InChI is InChI=1S/C31H32FN5O2S/c1-22-29-19-35-37(28-11-9-26(32)10-12-28)30(29)17-24-7-8-25(31(22)24)20-36(16-13-27-6-2-3-15-34-27)40(38,39)21-23-5-4-14-33-18-23/h2-6,9-12,14-15,17-19,22,25,35H,7-8,13,16,20-21H2,1H3/t22-,25+/m0/s1. The Morgan fingerprint density at radius 3 is 2.70 bits per heavy atom. The fraction of sp³-hybridized carbons (Fsp3) is 0.290. The molecule has 2 atom stereocenters. The molecule has 0 amide bonds. The third-order valence-corrected chi connectivity index (χ3v) is 9.84. The molecule has 9 heteroatoms. The van der Waals surface area contributed by atoms with Gasteiger partial charge in [-0.1, -0.05) is 24.6 Å². The van der Waals surface area contributed by atoms with Crippen molar-refractivity contribution in [1.82, 2.24) is 19.7 Å². The number of benzene rings is 1. The first kappa shape index (κ1) is 26.4. The van der Waals surface area contributed by atoms with Gasteiger partial charge in [-0.15, -0.1) is 0 Å². The van der Waals surface area contributed by atoms with E-state index < -0.39 is 10.0 Å². The number of hydrogen-bond donors (Lipinski definition) is 1. The van der Waals surface area contributed by atoms with Gasteiger partial charge in [0.15, 0.2) is 0 Å². The van der Waals surface area contributed by atoms with E-state index in [2.05, 4.69) is 28.4 Å². The number of halogens is 1. The van der Waals surface area contributed by atoms with E-state index in [1.54, 1.807) is 47.2 Å². The summed E-state index contributed by atoms with van der Waals surface area (Å²) in [6, 6.07) is 15.7. The number of hydrazine groups is 1. The Labute approximate surface area is 234 Å². The van der Waals surface area contributed by atoms with Gasteiger partial charge in [0.1, 0.15) is 5.82 Å². The number of rotatable bonds is 9. The van der Waals surface area contributed by atoms with Gasteiger partial charge in [0, 0.05) is 61.5 Å². The van der Waals surface area contributed by atoms with Crippen molar-refractivity contribution < 1.29 is 12.8 Å². The lowest BCUT2D eigenvalue weighted by atomic mass is 9.80. The zero-order valence-corrected chi connectivity index (χ0v) is 23.2. The highest BCUT2D eigenvalue weighted by molar-refractivity contribution is 7.88. The van der Waals surface area contributed by atoms with E-state index in [4.69, 9.17) is 0 Å². The molecule has 3 heterocycles. The van der Waals surface area contributed by atoms with Crippen LogP contribution in [0.25, 0.3) is 0 Å². The van der Waals surface area contributed by atoms with Crippen molar-refractivity contribution in [3.8, 4) is 0 Å². The summed E-state index contributed by atoms with van der Waals surface area (Å²) in [5, 5.41) is 1.99. The van der Waals surface area contributed by atoms with Gasteiger partial charge in [0.25, 0.3) is 0 Å². The number of sulfonamides is 1. The number of anilines is 1. The van der Waals surface area contributed by atoms with Crippen LogP contribution >= 0.6 is 0 Å². The zero-order chi connectivity index (χ0) is 27.7. The molecule has 0 saturated carbocycles. The highest BCUT2D eigenvalue weighted by Crippen LogP contribution is 2.48. The van der Waals surface area contributed by atoms with Gasteiger partial charge in [0.2, 0.25) is 10.0 Å². The molecule has 0 radical (unpaired) electrons. The van der Waals surface area contributed by atoms with Crippen LogP contribution in [0.4, 0.5) is 10.1 Å². The molecule has 2 aromatic heterocycles. The summed E-state index contributed by atoms with van der Waals surface area (Å²) >= 11 is 0. The predicted octanol–water partition coefficient (Wildman–Crippen LogP) is 5.14. The summed E-state index contributed by atoms with van der Waals surface area (Å²) in [6.45, 7) is 3.01. The maximum Gasteiger partial charge on any atom is 0.218 e. The van der Waals surface area contributed by atoms with Crippen molar-refractivity contribution in [2.24, 2.45) is 11.8 Å². The number of nitrogens with one attached hydrogen (secondary N) is 1. The normalized spacial score (nSPS) is 20.2. The second-order valence-electron chi connectivity index (χ2n) is 10.6. The molecule has 0 fully saturated rings. The molecule has 0 bridgehead atoms. The number of allylic oxidation sites excluding steroid dienone is 3. The lowest BCUT2D eigenvalue weighted by Crippen LogP contribution is -2.38. The Morgan fingerprint density at radius 2 is 1.95 bits per heavy atom. The van der Waals surface area contributed by atoms with Crippen molar-refractivity contribution in [3.63, 3.8) is 0 Å². The van der Waals surface area contributed by atoms with Crippen LogP contribution in [-0.4, -0.2) is 35.8 Å². The first-order valence-corrected chi connectivity index (χ1v) is 15.2. The second-order valence-corrected chi connectivity index (χ2v) is 12.5. The van der Waals surface area contributed by atoms with Gasteiger partial charge in [-0.3, -0.25) is 15.0 Å². The molecule has 0 saturated heterocycles. The van der Waals surface area contributed by atoms with Crippen molar-refractivity contribution >= 4 is 15.7 Å². The summed E-state index contributed by atoms with van der Waals surface area (Å²) < 4.78 is 42.7. The quantitative estimate of drug-likeness (QED) is 0.393. The molecule has 1 aliphatic heterocycles. The summed E-state index contributed by atoms with van der Waals surface area (Å²) in [4.78, 5) is 8.52. The molecule has 40 heavy (non-hydrogen) atoms. The fourth-order valence-electron chi connectivity index (χ4n) is 6.07. The molecule has 3 aliphatic rings. The summed E-state index contributed by atoms with van der Waals surface area (Å²) in [5.74, 6) is -0.0878. The molecule has 6 rings (SSSR count). The van der Waals surface area contributed by atoms with Gasteiger partial charge in [-0.25, -0.2) is 17.1 Å². The lowest BCUT2D eigenvalue weighted by molar-refractivity contribution is 0.356. The van der Waals surface area contributed by atoms with Crippen LogP contribution < -0.4 is 10.4 Å². The first-order valence-electron chi connectivity index (χ1n) is 13.6. The zero-order valence-electron chi connectivity index (χ0n) is 22.4. The number of hydrogen-bond acceptors (Lipinski definition) is 6. The van der Waals surface area contributed by atoms with Crippen molar-refractivity contribution in [3.05, 3.63) is 125 Å². The second kappa shape index (κ2) is 11.0. The maximum absolute atomic E-state index is 13.8. The van der Waals surface area contributed by atoms with E-state index >= 15 is 0 Å². The van der Waals surface area contributed by atoms with Crippen LogP contribution in [0.5, 0.6) is 0 Å². The minimum Gasteiger partial charge on any atom is -0.301 e. The number of pyridine rings is 2. The Morgan fingerprint density at radius 1 is 1.10 bits per heavy atom. The van der Waals surface area contributed by atoms with E-state index in [9.17, 15) is 12.8 Å². The van der Waals surface area contributed by atoms with Gasteiger partial charge < -0.3 is 5.43 Å². The molecule has 1 N–H and O–H groups in total. The summed E-state index contributed by atoms with van der Waals surface area (Å²) in [7, 11) is -3.59. The predicted molar refractivity (Wildman–Crippen MR) is 153 cm³/mol. The van der Waals surface area contributed by atoms with Crippen LogP contribution in [0.2, 0.25) is 0 Å². The van der Waals surface area contributed by atoms with Gasteiger partial charge in [-0.05, 0) is 78.4 Å². The molecular formula is C31H32FN5O2S. The third kappa shape index (κ3) is 5.31. The average molecular weight is 558 g/mol. The van der Waals surface area contributed by atoms with Crippen molar-refractivity contribution in [2.45, 2.75) is 31.9 Å². The van der Waals surface area contributed by atoms with Crippen LogP contribution in [0.15, 0.2) is 108 Å². The number of aromatic nitrogens is 2. The molecule has 3 aromatic rings. The summed E-state index contributed by atoms with van der Waals surface area (Å²) in [6.07, 6.45) is 11.6. The minimum atomic E-state index is -3.59. The highest BCUT2D eigenvalue weighted by Gasteiger charge is 2.39. The highest BCUT2D eigenvalue weighted by atomic mass is 32.2.